The molecule has 144 valence electrons. The maximum Gasteiger partial charge on any atom is 0.547 e. The normalized spacial score (nSPS) is 19.0. The zero-order chi connectivity index (χ0) is 19.8. The van der Waals surface area contributed by atoms with Gasteiger partial charge in [-0.3, -0.25) is 9.80 Å². The second-order valence-corrected chi connectivity index (χ2v) is 12.7. The fourth-order valence-corrected chi connectivity index (χ4v) is 3.92. The van der Waals surface area contributed by atoms with Crippen molar-refractivity contribution in [1.29, 1.82) is 0 Å². The Hall–Kier alpha value is -2.50. The fourth-order valence-electron chi connectivity index (χ4n) is 2.94. The van der Waals surface area contributed by atoms with Gasteiger partial charge in [-0.25, -0.2) is 4.79 Å². The lowest BCUT2D eigenvalue weighted by Crippen LogP contribution is -2.55. The number of carbonyl (C=O) groups excluding carboxylic acids is 1. The van der Waals surface area contributed by atoms with E-state index in [0.29, 0.717) is 5.56 Å². The molecule has 0 saturated carbocycles. The minimum Gasteiger partial charge on any atom is -0.534 e. The molecule has 0 bridgehead atoms. The summed E-state index contributed by atoms with van der Waals surface area (Å²) in [5.41, 5.74) is 6.64. The number of hydrazine groups is 2. The van der Waals surface area contributed by atoms with Gasteiger partial charge in [0.15, 0.2) is 0 Å². The minimum absolute atomic E-state index is 0.00678. The summed E-state index contributed by atoms with van der Waals surface area (Å²) in [6, 6.07) is 4.76. The van der Waals surface area contributed by atoms with Crippen molar-refractivity contribution >= 4 is 27.1 Å². The number of hydrogen-bond donors (Lipinski definition) is 5. The van der Waals surface area contributed by atoms with Crippen LogP contribution in [0.25, 0.3) is 0 Å². The summed E-state index contributed by atoms with van der Waals surface area (Å²) in [7, 11) is -2.84. The maximum atomic E-state index is 12.4. The summed E-state index contributed by atoms with van der Waals surface area (Å²) in [6.07, 6.45) is 2.17. The molecule has 1 aromatic carbocycles. The monoisotopic (exact) mass is 390 g/mol. The largest absolute Gasteiger partial charge is 0.547 e. The van der Waals surface area contributed by atoms with E-state index in [2.05, 4.69) is 35.9 Å². The number of carboxylic acids is 1. The van der Waals surface area contributed by atoms with Crippen LogP contribution in [0.4, 0.5) is 0 Å². The Kier molecular flexibility index (Phi) is 5.18. The fraction of sp³-hybridized carbons (Fsp3) is 0.375. The van der Waals surface area contributed by atoms with Gasteiger partial charge in [-0.2, -0.15) is 0 Å². The highest BCUT2D eigenvalue weighted by Gasteiger charge is 2.38. The van der Waals surface area contributed by atoms with Crippen molar-refractivity contribution < 1.29 is 24.4 Å². The standard InChI is InChI=1S/C16H23BN4O5Si/c1-27(2,3)14-9-21(20-19-14)8-13(22)18-12-7-10-5-4-6-11(16(23)24)15(10)26-17(12)25/h4-6,9,12,19-20,25H,7-8H2,1-3H3,(H,18,22)(H,23,24)/t12-/m0/s1. The van der Waals surface area contributed by atoms with E-state index in [4.69, 9.17) is 4.65 Å². The van der Waals surface area contributed by atoms with Crippen molar-refractivity contribution in [3.05, 3.63) is 40.8 Å². The van der Waals surface area contributed by atoms with E-state index in [1.807, 2.05) is 6.20 Å². The van der Waals surface area contributed by atoms with Crippen molar-refractivity contribution in [2.24, 2.45) is 0 Å². The van der Waals surface area contributed by atoms with Gasteiger partial charge in [-0.15, -0.1) is 5.53 Å². The van der Waals surface area contributed by atoms with E-state index in [1.165, 1.54) is 6.07 Å². The third kappa shape index (κ3) is 4.26. The predicted octanol–water partition coefficient (Wildman–Crippen LogP) is -0.132. The maximum absolute atomic E-state index is 12.4. The van der Waals surface area contributed by atoms with Gasteiger partial charge in [-0.05, 0) is 18.1 Å². The van der Waals surface area contributed by atoms with Gasteiger partial charge in [0.2, 0.25) is 5.91 Å². The van der Waals surface area contributed by atoms with Crippen LogP contribution in [-0.2, 0) is 11.2 Å². The number of hydrogen-bond acceptors (Lipinski definition) is 7. The number of benzene rings is 1. The summed E-state index contributed by atoms with van der Waals surface area (Å²) in [4.78, 5) is 23.6. The van der Waals surface area contributed by atoms with Crippen LogP contribution in [0.1, 0.15) is 15.9 Å². The molecule has 0 spiro atoms. The molecule has 0 fully saturated rings. The average Bonchev–Trinajstić information content (AvgIpc) is 3.03. The Morgan fingerprint density at radius 1 is 1.41 bits per heavy atom. The quantitative estimate of drug-likeness (QED) is 0.441. The first-order chi connectivity index (χ1) is 12.6. The highest BCUT2D eigenvalue weighted by atomic mass is 28.3. The molecular formula is C16H23BN4O5Si. The predicted molar refractivity (Wildman–Crippen MR) is 102 cm³/mol. The molecule has 0 radical (unpaired) electrons. The Morgan fingerprint density at radius 2 is 2.15 bits per heavy atom. The average molecular weight is 390 g/mol. The number of fused-ring (bicyclic) bond motifs is 1. The first-order valence-corrected chi connectivity index (χ1v) is 12.1. The number of nitrogens with one attached hydrogen (secondary N) is 3. The lowest BCUT2D eigenvalue weighted by molar-refractivity contribution is -0.122. The highest BCUT2D eigenvalue weighted by molar-refractivity contribution is 6.82. The van der Waals surface area contributed by atoms with Crippen molar-refractivity contribution in [2.75, 3.05) is 6.54 Å². The third-order valence-corrected chi connectivity index (χ3v) is 6.31. The van der Waals surface area contributed by atoms with Gasteiger partial charge in [0.1, 0.15) is 20.4 Å². The molecule has 0 aliphatic carbocycles. The second kappa shape index (κ2) is 7.25. The van der Waals surface area contributed by atoms with E-state index in [9.17, 15) is 19.7 Å². The number of carbonyl (C=O) groups is 2. The van der Waals surface area contributed by atoms with Crippen LogP contribution in [0.2, 0.25) is 19.6 Å². The molecule has 1 atom stereocenters. The smallest absolute Gasteiger partial charge is 0.534 e. The number of aromatic carboxylic acids is 1. The number of amides is 1. The minimum atomic E-state index is -1.52. The molecule has 0 aromatic heterocycles. The van der Waals surface area contributed by atoms with Gasteiger partial charge in [0.25, 0.3) is 0 Å². The van der Waals surface area contributed by atoms with E-state index in [1.54, 1.807) is 17.1 Å². The van der Waals surface area contributed by atoms with Crippen LogP contribution in [0.5, 0.6) is 5.75 Å². The van der Waals surface area contributed by atoms with E-state index < -0.39 is 27.1 Å². The second-order valence-electron chi connectivity index (χ2n) is 7.64. The number of nitrogens with zero attached hydrogens (tertiary/aromatic N) is 1. The Labute approximate surface area is 158 Å². The van der Waals surface area contributed by atoms with E-state index >= 15 is 0 Å². The van der Waals surface area contributed by atoms with Gasteiger partial charge in [-0.1, -0.05) is 31.8 Å². The third-order valence-electron chi connectivity index (χ3n) is 4.44. The van der Waals surface area contributed by atoms with E-state index in [-0.39, 0.29) is 30.2 Å². The molecule has 9 nitrogen and oxygen atoms in total. The lowest BCUT2D eigenvalue weighted by Gasteiger charge is -2.29. The molecular weight excluding hydrogens is 367 g/mol. The van der Waals surface area contributed by atoms with Gasteiger partial charge in [0, 0.05) is 11.5 Å². The SMILES string of the molecule is C[Si](C)(C)C1=CN(CC(=O)N[C@H]2Cc3cccc(C(=O)O)c3OB2O)NN1. The van der Waals surface area contributed by atoms with Crippen molar-refractivity contribution in [1.82, 2.24) is 21.3 Å². The van der Waals surface area contributed by atoms with Crippen molar-refractivity contribution in [2.45, 2.75) is 32.0 Å². The van der Waals surface area contributed by atoms with E-state index in [0.717, 1.165) is 5.32 Å². The summed E-state index contributed by atoms with van der Waals surface area (Å²) >= 11 is 0. The van der Waals surface area contributed by atoms with Crippen LogP contribution in [0.15, 0.2) is 29.7 Å². The zero-order valence-electron chi connectivity index (χ0n) is 15.4. The number of carboxylic acid groups (broad SMARTS) is 1. The Morgan fingerprint density at radius 3 is 2.78 bits per heavy atom. The number of rotatable bonds is 5. The summed E-state index contributed by atoms with van der Waals surface area (Å²) < 4.78 is 5.38. The first kappa shape index (κ1) is 19.3. The Bertz CT molecular complexity index is 798. The molecule has 3 rings (SSSR count). The lowest BCUT2D eigenvalue weighted by atomic mass is 9.72. The van der Waals surface area contributed by atoms with Crippen LogP contribution >= 0.6 is 0 Å². The van der Waals surface area contributed by atoms with Crippen molar-refractivity contribution in [3.63, 3.8) is 0 Å². The van der Waals surface area contributed by atoms with Crippen molar-refractivity contribution in [3.8, 4) is 5.75 Å². The molecule has 27 heavy (non-hydrogen) atoms. The molecule has 11 heteroatoms. The van der Waals surface area contributed by atoms with Gasteiger partial charge in [0.05, 0.1) is 11.5 Å². The summed E-state index contributed by atoms with van der Waals surface area (Å²) in [5.74, 6) is -1.93. The Balaban J connectivity index is 1.63. The zero-order valence-corrected chi connectivity index (χ0v) is 16.4. The van der Waals surface area contributed by atoms with Crippen LogP contribution in [-0.4, -0.2) is 54.7 Å². The molecule has 1 amide bonds. The van der Waals surface area contributed by atoms with Crippen LogP contribution in [0, 0.1) is 0 Å². The van der Waals surface area contributed by atoms with Gasteiger partial charge < -0.3 is 25.5 Å². The molecule has 1 aromatic rings. The molecule has 0 unspecified atom stereocenters. The molecule has 2 aliphatic heterocycles. The molecule has 2 aliphatic rings. The molecule has 5 N–H and O–H groups in total. The molecule has 0 saturated heterocycles. The summed E-state index contributed by atoms with van der Waals surface area (Å²) in [6.45, 7) is 6.63. The molecule has 2 heterocycles. The number of para-hydroxylation sites is 1. The van der Waals surface area contributed by atoms with Crippen LogP contribution < -0.4 is 20.9 Å². The van der Waals surface area contributed by atoms with Gasteiger partial charge >= 0.3 is 13.1 Å². The first-order valence-electron chi connectivity index (χ1n) is 8.65. The summed E-state index contributed by atoms with van der Waals surface area (Å²) in [5, 5.41) is 24.9. The van der Waals surface area contributed by atoms with Crippen LogP contribution in [0.3, 0.4) is 0 Å². The highest BCUT2D eigenvalue weighted by Crippen LogP contribution is 2.30. The topological polar surface area (TPSA) is 123 Å².